The predicted octanol–water partition coefficient (Wildman–Crippen LogP) is 5.64. The molecule has 5 rings (SSSR count). The Balaban J connectivity index is 1.42. The molecule has 1 aromatic heterocycles. The molecule has 0 aliphatic rings. The van der Waals surface area contributed by atoms with E-state index >= 15 is 0 Å². The van der Waals surface area contributed by atoms with E-state index in [1.165, 1.54) is 10.8 Å². The molecule has 2 N–H and O–H groups in total. The van der Waals surface area contributed by atoms with Gasteiger partial charge in [-0.15, -0.1) is 0 Å². The maximum atomic E-state index is 12.3. The Morgan fingerprint density at radius 3 is 2.21 bits per heavy atom. The third kappa shape index (κ3) is 3.01. The van der Waals surface area contributed by atoms with Gasteiger partial charge in [-0.05, 0) is 59.3 Å². The van der Waals surface area contributed by atoms with Gasteiger partial charge in [-0.3, -0.25) is 4.79 Å². The second-order valence-electron chi connectivity index (χ2n) is 6.70. The van der Waals surface area contributed by atoms with Gasteiger partial charge in [-0.25, -0.2) is 4.98 Å². The molecule has 1 amide bonds. The zero-order chi connectivity index (χ0) is 18.9. The first-order valence-electron chi connectivity index (χ1n) is 9.12. The number of hydrogen-bond acceptors (Lipinski definition) is 2. The highest BCUT2D eigenvalue weighted by Gasteiger charge is 2.08. The number of hydrogen-bond donors (Lipinski definition) is 2. The van der Waals surface area contributed by atoms with Crippen LogP contribution in [0.25, 0.3) is 33.2 Å². The van der Waals surface area contributed by atoms with Crippen molar-refractivity contribution in [3.05, 3.63) is 96.6 Å². The van der Waals surface area contributed by atoms with Gasteiger partial charge in [0, 0.05) is 16.8 Å². The Morgan fingerprint density at radius 1 is 0.786 bits per heavy atom. The highest BCUT2D eigenvalue weighted by atomic mass is 16.1. The molecular formula is C24H17N3O. The van der Waals surface area contributed by atoms with Crippen molar-refractivity contribution in [3.8, 4) is 11.4 Å². The van der Waals surface area contributed by atoms with Crippen molar-refractivity contribution in [1.82, 2.24) is 9.97 Å². The standard InChI is InChI=1S/C24H17N3O/c28-24(17-6-2-1-3-7-17)25-20-12-10-16(11-13-20)23-26-21-14-18-8-4-5-9-19(18)15-22(21)27-23/h1-15H,(H,25,28)(H,26,27). The third-order valence-corrected chi connectivity index (χ3v) is 4.80. The van der Waals surface area contributed by atoms with Gasteiger partial charge in [0.2, 0.25) is 0 Å². The van der Waals surface area contributed by atoms with E-state index in [1.54, 1.807) is 12.1 Å². The molecular weight excluding hydrogens is 346 g/mol. The number of nitrogens with one attached hydrogen (secondary N) is 2. The van der Waals surface area contributed by atoms with Gasteiger partial charge in [0.25, 0.3) is 5.91 Å². The summed E-state index contributed by atoms with van der Waals surface area (Å²) in [7, 11) is 0. The van der Waals surface area contributed by atoms with Crippen molar-refractivity contribution in [3.63, 3.8) is 0 Å². The Kier molecular flexibility index (Phi) is 3.87. The van der Waals surface area contributed by atoms with E-state index in [0.717, 1.165) is 28.1 Å². The Bertz CT molecular complexity index is 1240. The number of aromatic nitrogens is 2. The first-order chi connectivity index (χ1) is 13.8. The zero-order valence-electron chi connectivity index (χ0n) is 15.0. The van der Waals surface area contributed by atoms with Crippen LogP contribution < -0.4 is 5.32 Å². The molecule has 0 saturated heterocycles. The average Bonchev–Trinajstić information content (AvgIpc) is 3.16. The van der Waals surface area contributed by atoms with Crippen molar-refractivity contribution in [2.75, 3.05) is 5.32 Å². The summed E-state index contributed by atoms with van der Waals surface area (Å²) in [6, 6.07) is 29.3. The molecule has 0 bridgehead atoms. The molecule has 5 aromatic rings. The predicted molar refractivity (Wildman–Crippen MR) is 113 cm³/mol. The number of rotatable bonds is 3. The molecule has 0 spiro atoms. The molecule has 0 fully saturated rings. The molecule has 1 heterocycles. The van der Waals surface area contributed by atoms with Crippen molar-refractivity contribution < 1.29 is 4.79 Å². The van der Waals surface area contributed by atoms with E-state index < -0.39 is 0 Å². The molecule has 0 radical (unpaired) electrons. The molecule has 0 atom stereocenters. The molecule has 134 valence electrons. The van der Waals surface area contributed by atoms with E-state index in [2.05, 4.69) is 34.6 Å². The molecule has 0 unspecified atom stereocenters. The summed E-state index contributed by atoms with van der Waals surface area (Å²) in [5, 5.41) is 5.27. The number of carbonyl (C=O) groups is 1. The number of amides is 1. The molecule has 0 saturated carbocycles. The van der Waals surface area contributed by atoms with E-state index in [1.807, 2.05) is 54.6 Å². The summed E-state index contributed by atoms with van der Waals surface area (Å²) < 4.78 is 0. The summed E-state index contributed by atoms with van der Waals surface area (Å²) in [5.41, 5.74) is 4.30. The van der Waals surface area contributed by atoms with Crippen molar-refractivity contribution >= 4 is 33.4 Å². The Labute approximate surface area is 161 Å². The highest BCUT2D eigenvalue weighted by Crippen LogP contribution is 2.26. The minimum absolute atomic E-state index is 0.122. The van der Waals surface area contributed by atoms with E-state index in [-0.39, 0.29) is 5.91 Å². The zero-order valence-corrected chi connectivity index (χ0v) is 15.0. The van der Waals surface area contributed by atoms with Crippen LogP contribution in [-0.2, 0) is 0 Å². The van der Waals surface area contributed by atoms with Gasteiger partial charge in [0.1, 0.15) is 5.82 Å². The van der Waals surface area contributed by atoms with Crippen LogP contribution in [0.4, 0.5) is 5.69 Å². The lowest BCUT2D eigenvalue weighted by Crippen LogP contribution is -2.11. The molecule has 4 aromatic carbocycles. The fourth-order valence-electron chi connectivity index (χ4n) is 3.34. The van der Waals surface area contributed by atoms with Gasteiger partial charge in [0.05, 0.1) is 11.0 Å². The van der Waals surface area contributed by atoms with Crippen LogP contribution in [0.2, 0.25) is 0 Å². The van der Waals surface area contributed by atoms with E-state index in [9.17, 15) is 4.79 Å². The fourth-order valence-corrected chi connectivity index (χ4v) is 3.34. The lowest BCUT2D eigenvalue weighted by atomic mass is 10.1. The van der Waals surface area contributed by atoms with Crippen LogP contribution in [0.15, 0.2) is 91.0 Å². The van der Waals surface area contributed by atoms with Gasteiger partial charge in [-0.2, -0.15) is 0 Å². The SMILES string of the molecule is O=C(Nc1ccc(-c2nc3cc4ccccc4cc3[nH]2)cc1)c1ccccc1. The van der Waals surface area contributed by atoms with Crippen LogP contribution in [0.1, 0.15) is 10.4 Å². The molecule has 0 aliphatic carbocycles. The van der Waals surface area contributed by atoms with Crippen LogP contribution in [0.3, 0.4) is 0 Å². The number of H-pyrrole nitrogens is 1. The Hall–Kier alpha value is -3.92. The molecule has 4 nitrogen and oxygen atoms in total. The first-order valence-corrected chi connectivity index (χ1v) is 9.12. The number of fused-ring (bicyclic) bond motifs is 2. The van der Waals surface area contributed by atoms with Crippen molar-refractivity contribution in [2.45, 2.75) is 0 Å². The van der Waals surface area contributed by atoms with Gasteiger partial charge in [-0.1, -0.05) is 42.5 Å². The van der Waals surface area contributed by atoms with Crippen LogP contribution in [0, 0.1) is 0 Å². The monoisotopic (exact) mass is 363 g/mol. The number of anilines is 1. The number of carbonyl (C=O) groups excluding carboxylic acids is 1. The second kappa shape index (κ2) is 6.67. The van der Waals surface area contributed by atoms with Gasteiger partial charge >= 0.3 is 0 Å². The number of imidazole rings is 1. The fraction of sp³-hybridized carbons (Fsp3) is 0. The maximum absolute atomic E-state index is 12.3. The highest BCUT2D eigenvalue weighted by molar-refractivity contribution is 6.04. The molecule has 0 aliphatic heterocycles. The topological polar surface area (TPSA) is 57.8 Å². The van der Waals surface area contributed by atoms with Crippen LogP contribution >= 0.6 is 0 Å². The maximum Gasteiger partial charge on any atom is 0.255 e. The van der Waals surface area contributed by atoms with Crippen LogP contribution in [0.5, 0.6) is 0 Å². The van der Waals surface area contributed by atoms with Crippen molar-refractivity contribution in [1.29, 1.82) is 0 Å². The largest absolute Gasteiger partial charge is 0.338 e. The lowest BCUT2D eigenvalue weighted by molar-refractivity contribution is 0.102. The third-order valence-electron chi connectivity index (χ3n) is 4.80. The summed E-state index contributed by atoms with van der Waals surface area (Å²) >= 11 is 0. The Morgan fingerprint density at radius 2 is 1.46 bits per heavy atom. The summed E-state index contributed by atoms with van der Waals surface area (Å²) in [6.07, 6.45) is 0. The summed E-state index contributed by atoms with van der Waals surface area (Å²) in [5.74, 6) is 0.690. The van der Waals surface area contributed by atoms with E-state index in [0.29, 0.717) is 5.56 Å². The minimum atomic E-state index is -0.122. The number of benzene rings is 4. The summed E-state index contributed by atoms with van der Waals surface area (Å²) in [6.45, 7) is 0. The second-order valence-corrected chi connectivity index (χ2v) is 6.70. The molecule has 28 heavy (non-hydrogen) atoms. The molecule has 4 heteroatoms. The number of nitrogens with zero attached hydrogens (tertiary/aromatic N) is 1. The normalized spacial score (nSPS) is 11.0. The smallest absolute Gasteiger partial charge is 0.255 e. The summed E-state index contributed by atoms with van der Waals surface area (Å²) in [4.78, 5) is 20.4. The first kappa shape index (κ1) is 16.3. The van der Waals surface area contributed by atoms with Crippen LogP contribution in [-0.4, -0.2) is 15.9 Å². The lowest BCUT2D eigenvalue weighted by Gasteiger charge is -2.05. The van der Waals surface area contributed by atoms with Gasteiger partial charge < -0.3 is 10.3 Å². The van der Waals surface area contributed by atoms with E-state index in [4.69, 9.17) is 4.98 Å². The quantitative estimate of drug-likeness (QED) is 0.436. The average molecular weight is 363 g/mol. The van der Waals surface area contributed by atoms with Gasteiger partial charge in [0.15, 0.2) is 0 Å². The van der Waals surface area contributed by atoms with Crippen molar-refractivity contribution in [2.24, 2.45) is 0 Å². The minimum Gasteiger partial charge on any atom is -0.338 e. The number of aromatic amines is 1.